The lowest BCUT2D eigenvalue weighted by molar-refractivity contribution is 0.572. The van der Waals surface area contributed by atoms with Crippen LogP contribution in [0.1, 0.15) is 35.2 Å². The average Bonchev–Trinajstić information content (AvgIpc) is 3.25. The summed E-state index contributed by atoms with van der Waals surface area (Å²) in [7, 11) is -4.12. The Kier molecular flexibility index (Phi) is 6.98. The molecule has 1 unspecified atom stereocenters. The highest BCUT2D eigenvalue weighted by molar-refractivity contribution is 7.89. The second-order valence-corrected chi connectivity index (χ2v) is 10.6. The molecule has 0 bridgehead atoms. The molecule has 0 saturated carbocycles. The van der Waals surface area contributed by atoms with Gasteiger partial charge in [0.25, 0.3) is 0 Å². The normalized spacial score (nSPS) is 16.9. The SMILES string of the molecule is Cc1ccc(F)cc1S(=O)(=O)N[C@H](C1=NNC(c2ccc(Cl)cc2)C1)c1ccc(Cl)cc1Cl. The maximum Gasteiger partial charge on any atom is 0.241 e. The lowest BCUT2D eigenvalue weighted by atomic mass is 9.96. The molecule has 10 heteroatoms. The van der Waals surface area contributed by atoms with Crippen molar-refractivity contribution in [3.05, 3.63) is 98.2 Å². The van der Waals surface area contributed by atoms with E-state index in [0.29, 0.717) is 33.3 Å². The lowest BCUT2D eigenvalue weighted by Gasteiger charge is -2.21. The summed E-state index contributed by atoms with van der Waals surface area (Å²) in [6.45, 7) is 1.60. The van der Waals surface area contributed by atoms with Crippen LogP contribution in [0.5, 0.6) is 0 Å². The molecule has 5 nitrogen and oxygen atoms in total. The van der Waals surface area contributed by atoms with Gasteiger partial charge in [-0.2, -0.15) is 9.82 Å². The van der Waals surface area contributed by atoms with Gasteiger partial charge >= 0.3 is 0 Å². The van der Waals surface area contributed by atoms with E-state index in [9.17, 15) is 12.8 Å². The van der Waals surface area contributed by atoms with Crippen LogP contribution in [-0.4, -0.2) is 14.1 Å². The van der Waals surface area contributed by atoms with Crippen LogP contribution in [0.4, 0.5) is 4.39 Å². The molecule has 2 atom stereocenters. The number of nitrogens with zero attached hydrogens (tertiary/aromatic N) is 1. The van der Waals surface area contributed by atoms with Crippen molar-refractivity contribution in [1.82, 2.24) is 10.1 Å². The minimum absolute atomic E-state index is 0.154. The van der Waals surface area contributed by atoms with Crippen molar-refractivity contribution in [2.24, 2.45) is 5.10 Å². The largest absolute Gasteiger partial charge is 0.302 e. The first-order chi connectivity index (χ1) is 15.6. The standard InChI is InChI=1S/C23H19Cl3FN3O2S/c1-13-2-8-17(27)11-22(13)33(31,32)30-23(18-9-7-16(25)10-19(18)26)21-12-20(28-29-21)14-3-5-15(24)6-4-14/h2-11,20,23,28,30H,12H2,1H3/t20?,23-/m0/s1. The molecule has 0 aromatic heterocycles. The summed E-state index contributed by atoms with van der Waals surface area (Å²) >= 11 is 18.5. The molecule has 0 saturated heterocycles. The fourth-order valence-electron chi connectivity index (χ4n) is 3.66. The molecule has 1 heterocycles. The van der Waals surface area contributed by atoms with Crippen molar-refractivity contribution < 1.29 is 12.8 Å². The molecule has 3 aromatic rings. The molecule has 0 aliphatic carbocycles. The maximum absolute atomic E-state index is 13.8. The number of halogens is 4. The number of aryl methyl sites for hydroxylation is 1. The molecule has 0 radical (unpaired) electrons. The van der Waals surface area contributed by atoms with E-state index >= 15 is 0 Å². The molecule has 4 rings (SSSR count). The Bertz CT molecular complexity index is 1330. The van der Waals surface area contributed by atoms with E-state index in [1.807, 2.05) is 12.1 Å². The Morgan fingerprint density at radius 2 is 1.73 bits per heavy atom. The van der Waals surface area contributed by atoms with Gasteiger partial charge < -0.3 is 5.43 Å². The number of nitrogens with one attached hydrogen (secondary N) is 2. The van der Waals surface area contributed by atoms with Crippen LogP contribution in [0.3, 0.4) is 0 Å². The Morgan fingerprint density at radius 1 is 1.03 bits per heavy atom. The minimum Gasteiger partial charge on any atom is -0.302 e. The summed E-state index contributed by atoms with van der Waals surface area (Å²) in [4.78, 5) is -0.154. The van der Waals surface area contributed by atoms with E-state index in [0.717, 1.165) is 11.6 Å². The third-order valence-corrected chi connectivity index (χ3v) is 7.75. The van der Waals surface area contributed by atoms with E-state index in [-0.39, 0.29) is 16.0 Å². The van der Waals surface area contributed by atoms with Crippen molar-refractivity contribution >= 4 is 50.5 Å². The van der Waals surface area contributed by atoms with Crippen molar-refractivity contribution in [3.8, 4) is 0 Å². The van der Waals surface area contributed by atoms with Gasteiger partial charge in [-0.25, -0.2) is 12.8 Å². The van der Waals surface area contributed by atoms with Crippen LogP contribution in [0.2, 0.25) is 15.1 Å². The van der Waals surface area contributed by atoms with Gasteiger partial charge in [-0.3, -0.25) is 0 Å². The predicted octanol–water partition coefficient (Wildman–Crippen LogP) is 6.20. The first-order valence-electron chi connectivity index (χ1n) is 9.95. The van der Waals surface area contributed by atoms with E-state index < -0.39 is 21.9 Å². The quantitative estimate of drug-likeness (QED) is 0.401. The summed E-state index contributed by atoms with van der Waals surface area (Å²) in [5.74, 6) is -0.648. The maximum atomic E-state index is 13.8. The third-order valence-electron chi connectivity index (χ3n) is 5.37. The van der Waals surface area contributed by atoms with Crippen LogP contribution < -0.4 is 10.1 Å². The summed E-state index contributed by atoms with van der Waals surface area (Å²) in [5.41, 5.74) is 5.42. The lowest BCUT2D eigenvalue weighted by Crippen LogP contribution is -2.34. The number of rotatable bonds is 6. The molecule has 1 aliphatic rings. The number of hydrazone groups is 1. The van der Waals surface area contributed by atoms with Crippen molar-refractivity contribution in [3.63, 3.8) is 0 Å². The van der Waals surface area contributed by atoms with Crippen LogP contribution in [0.15, 0.2) is 70.7 Å². The van der Waals surface area contributed by atoms with Crippen molar-refractivity contribution in [2.45, 2.75) is 30.3 Å². The number of sulfonamides is 1. The van der Waals surface area contributed by atoms with Gasteiger partial charge in [0.15, 0.2) is 0 Å². The molecule has 0 spiro atoms. The van der Waals surface area contributed by atoms with E-state index in [1.165, 1.54) is 18.2 Å². The second-order valence-electron chi connectivity index (χ2n) is 7.67. The summed E-state index contributed by atoms with van der Waals surface area (Å²) in [6.07, 6.45) is 0.413. The highest BCUT2D eigenvalue weighted by Gasteiger charge is 2.33. The summed E-state index contributed by atoms with van der Waals surface area (Å²) in [6, 6.07) is 14.7. The Morgan fingerprint density at radius 3 is 2.42 bits per heavy atom. The Hall–Kier alpha value is -2.16. The van der Waals surface area contributed by atoms with Crippen LogP contribution in [-0.2, 0) is 10.0 Å². The van der Waals surface area contributed by atoms with Gasteiger partial charge in [-0.1, -0.05) is 59.1 Å². The first-order valence-corrected chi connectivity index (χ1v) is 12.6. The molecule has 1 aliphatic heterocycles. The van der Waals surface area contributed by atoms with Crippen LogP contribution in [0, 0.1) is 12.7 Å². The zero-order valence-electron chi connectivity index (χ0n) is 17.3. The predicted molar refractivity (Wildman–Crippen MR) is 130 cm³/mol. The highest BCUT2D eigenvalue weighted by Crippen LogP contribution is 2.34. The smallest absolute Gasteiger partial charge is 0.241 e. The van der Waals surface area contributed by atoms with Gasteiger partial charge in [0, 0.05) is 21.5 Å². The Labute approximate surface area is 206 Å². The topological polar surface area (TPSA) is 70.6 Å². The number of benzene rings is 3. The zero-order valence-corrected chi connectivity index (χ0v) is 20.4. The third kappa shape index (κ3) is 5.34. The second kappa shape index (κ2) is 9.60. The molecular weight excluding hydrogens is 508 g/mol. The van der Waals surface area contributed by atoms with Gasteiger partial charge in [-0.05, 0) is 60.0 Å². The molecule has 172 valence electrons. The highest BCUT2D eigenvalue weighted by atomic mass is 35.5. The van der Waals surface area contributed by atoms with Gasteiger partial charge in [0.1, 0.15) is 5.82 Å². The number of hydrogen-bond donors (Lipinski definition) is 2. The van der Waals surface area contributed by atoms with Gasteiger partial charge in [0.05, 0.1) is 22.7 Å². The number of hydrogen-bond acceptors (Lipinski definition) is 4. The zero-order chi connectivity index (χ0) is 23.8. The van der Waals surface area contributed by atoms with Crippen molar-refractivity contribution in [1.29, 1.82) is 0 Å². The Balaban J connectivity index is 1.70. The summed E-state index contributed by atoms with van der Waals surface area (Å²) < 4.78 is 43.1. The van der Waals surface area contributed by atoms with E-state index in [4.69, 9.17) is 34.8 Å². The van der Waals surface area contributed by atoms with Crippen LogP contribution >= 0.6 is 34.8 Å². The van der Waals surface area contributed by atoms with Gasteiger partial charge in [-0.15, -0.1) is 0 Å². The molecule has 0 amide bonds. The van der Waals surface area contributed by atoms with Gasteiger partial charge in [0.2, 0.25) is 10.0 Å². The fourth-order valence-corrected chi connectivity index (χ4v) is 5.76. The fraction of sp³-hybridized carbons (Fsp3) is 0.174. The average molecular weight is 527 g/mol. The minimum atomic E-state index is -4.12. The van der Waals surface area contributed by atoms with E-state index in [1.54, 1.807) is 31.2 Å². The molecular formula is C23H19Cl3FN3O2S. The summed E-state index contributed by atoms with van der Waals surface area (Å²) in [5, 5.41) is 5.72. The monoisotopic (exact) mass is 525 g/mol. The molecule has 33 heavy (non-hydrogen) atoms. The van der Waals surface area contributed by atoms with E-state index in [2.05, 4.69) is 15.2 Å². The molecule has 2 N–H and O–H groups in total. The first kappa shape index (κ1) is 24.0. The van der Waals surface area contributed by atoms with Crippen LogP contribution in [0.25, 0.3) is 0 Å². The molecule has 0 fully saturated rings. The van der Waals surface area contributed by atoms with Crippen molar-refractivity contribution in [2.75, 3.05) is 0 Å². The molecule has 3 aromatic carbocycles.